The van der Waals surface area contributed by atoms with Crippen molar-refractivity contribution in [2.75, 3.05) is 0 Å². The molecule has 0 spiro atoms. The van der Waals surface area contributed by atoms with E-state index in [0.29, 0.717) is 16.8 Å². The molecule has 0 atom stereocenters. The Kier molecular flexibility index (Phi) is 3.54. The molecule has 5 nitrogen and oxygen atoms in total. The van der Waals surface area contributed by atoms with Crippen molar-refractivity contribution in [2.24, 2.45) is 0 Å². The Hall–Kier alpha value is -2.47. The Morgan fingerprint density at radius 1 is 1.32 bits per heavy atom. The van der Waals surface area contributed by atoms with E-state index in [0.717, 1.165) is 21.7 Å². The third kappa shape index (κ3) is 2.31. The summed E-state index contributed by atoms with van der Waals surface area (Å²) in [4.78, 5) is 32.4. The molecule has 6 heteroatoms. The number of nitrogens with zero attached hydrogens (tertiary/aromatic N) is 1. The van der Waals surface area contributed by atoms with E-state index in [1.165, 1.54) is 23.5 Å². The maximum atomic E-state index is 12.4. The molecule has 0 radical (unpaired) electrons. The summed E-state index contributed by atoms with van der Waals surface area (Å²) in [6.45, 7) is 4.01. The number of nitrogens with one attached hydrogen (secondary N) is 1. The van der Waals surface area contributed by atoms with Gasteiger partial charge in [-0.2, -0.15) is 0 Å². The van der Waals surface area contributed by atoms with Gasteiger partial charge in [0.1, 0.15) is 10.7 Å². The average Bonchev–Trinajstić information content (AvgIpc) is 2.83. The third-order valence-corrected chi connectivity index (χ3v) is 4.66. The number of benzene rings is 1. The molecule has 112 valence electrons. The van der Waals surface area contributed by atoms with Crippen LogP contribution in [0.15, 0.2) is 29.1 Å². The molecule has 0 aliphatic heterocycles. The van der Waals surface area contributed by atoms with Gasteiger partial charge in [0.15, 0.2) is 0 Å². The molecule has 0 fully saturated rings. The molecule has 2 aromatic heterocycles. The van der Waals surface area contributed by atoms with Crippen molar-refractivity contribution in [3.8, 4) is 11.4 Å². The molecule has 0 unspecified atom stereocenters. The van der Waals surface area contributed by atoms with E-state index in [9.17, 15) is 9.59 Å². The predicted molar refractivity (Wildman–Crippen MR) is 86.8 cm³/mol. The number of rotatable bonds is 3. The summed E-state index contributed by atoms with van der Waals surface area (Å²) in [7, 11) is 0. The van der Waals surface area contributed by atoms with Crippen LogP contribution in [0.1, 0.15) is 27.7 Å². The average molecular weight is 314 g/mol. The Morgan fingerprint density at radius 3 is 2.59 bits per heavy atom. The van der Waals surface area contributed by atoms with Crippen molar-refractivity contribution in [1.82, 2.24) is 9.97 Å². The molecule has 1 aromatic carbocycles. The maximum Gasteiger partial charge on any atom is 0.335 e. The number of carboxylic acids is 1. The summed E-state index contributed by atoms with van der Waals surface area (Å²) >= 11 is 1.51. The van der Waals surface area contributed by atoms with Crippen molar-refractivity contribution in [2.45, 2.75) is 20.3 Å². The van der Waals surface area contributed by atoms with Crippen molar-refractivity contribution >= 4 is 27.5 Å². The van der Waals surface area contributed by atoms with Crippen LogP contribution in [0.25, 0.3) is 21.6 Å². The molecule has 3 aromatic rings. The van der Waals surface area contributed by atoms with Crippen molar-refractivity contribution < 1.29 is 9.90 Å². The van der Waals surface area contributed by atoms with Crippen molar-refractivity contribution in [1.29, 1.82) is 0 Å². The van der Waals surface area contributed by atoms with Gasteiger partial charge in [0, 0.05) is 10.4 Å². The fourth-order valence-electron chi connectivity index (χ4n) is 2.51. The van der Waals surface area contributed by atoms with Crippen molar-refractivity contribution in [3.63, 3.8) is 0 Å². The maximum absolute atomic E-state index is 12.4. The molecular formula is C16H14N2O3S. The Bertz CT molecular complexity index is 923. The van der Waals surface area contributed by atoms with Crippen LogP contribution in [0.5, 0.6) is 0 Å². The first-order chi connectivity index (χ1) is 10.5. The summed E-state index contributed by atoms with van der Waals surface area (Å²) in [5, 5.41) is 9.58. The Balaban J connectivity index is 2.16. The number of aromatic amines is 1. The SMILES string of the molecule is CCc1c(C)sc2nc(-c3ccc(C(=O)O)cc3)[nH]c(=O)c12. The summed E-state index contributed by atoms with van der Waals surface area (Å²) in [5.74, 6) is -0.525. The van der Waals surface area contributed by atoms with E-state index in [1.54, 1.807) is 12.1 Å². The van der Waals surface area contributed by atoms with Gasteiger partial charge < -0.3 is 10.1 Å². The lowest BCUT2D eigenvalue weighted by atomic mass is 10.1. The lowest BCUT2D eigenvalue weighted by molar-refractivity contribution is 0.0697. The Morgan fingerprint density at radius 2 is 2.00 bits per heavy atom. The number of aryl methyl sites for hydroxylation is 2. The van der Waals surface area contributed by atoms with Crippen LogP contribution < -0.4 is 5.56 Å². The van der Waals surface area contributed by atoms with E-state index in [1.807, 2.05) is 13.8 Å². The van der Waals surface area contributed by atoms with Crippen LogP contribution in [-0.4, -0.2) is 21.0 Å². The normalized spacial score (nSPS) is 11.0. The number of thiophene rings is 1. The van der Waals surface area contributed by atoms with Gasteiger partial charge in [-0.3, -0.25) is 4.79 Å². The van der Waals surface area contributed by atoms with Gasteiger partial charge in [-0.15, -0.1) is 11.3 Å². The van der Waals surface area contributed by atoms with Gasteiger partial charge in [-0.25, -0.2) is 9.78 Å². The van der Waals surface area contributed by atoms with Gasteiger partial charge >= 0.3 is 5.97 Å². The minimum Gasteiger partial charge on any atom is -0.478 e. The van der Waals surface area contributed by atoms with Crippen LogP contribution in [-0.2, 0) is 6.42 Å². The van der Waals surface area contributed by atoms with E-state index in [4.69, 9.17) is 5.11 Å². The highest BCUT2D eigenvalue weighted by Crippen LogP contribution is 2.28. The summed E-state index contributed by atoms with van der Waals surface area (Å²) < 4.78 is 0. The first kappa shape index (κ1) is 14.5. The molecule has 3 rings (SSSR count). The first-order valence-corrected chi connectivity index (χ1v) is 7.69. The highest BCUT2D eigenvalue weighted by atomic mass is 32.1. The number of carbonyl (C=O) groups is 1. The molecule has 0 aliphatic rings. The third-order valence-electron chi connectivity index (χ3n) is 3.62. The fraction of sp³-hybridized carbons (Fsp3) is 0.188. The molecule has 0 amide bonds. The van der Waals surface area contributed by atoms with E-state index < -0.39 is 5.97 Å². The standard InChI is InChI=1S/C16H14N2O3S/c1-3-11-8(2)22-15-12(11)14(19)17-13(18-15)9-4-6-10(7-5-9)16(20)21/h4-7H,3H2,1-2H3,(H,20,21)(H,17,18,19). The van der Waals surface area contributed by atoms with Gasteiger partial charge in [-0.05, 0) is 31.0 Å². The molecule has 2 N–H and O–H groups in total. The van der Waals surface area contributed by atoms with E-state index in [2.05, 4.69) is 9.97 Å². The molecule has 0 bridgehead atoms. The molecule has 22 heavy (non-hydrogen) atoms. The van der Waals surface area contributed by atoms with Gasteiger partial charge in [0.2, 0.25) is 0 Å². The minimum atomic E-state index is -0.982. The highest BCUT2D eigenvalue weighted by Gasteiger charge is 2.14. The Labute approximate surface area is 130 Å². The number of hydrogen-bond donors (Lipinski definition) is 2. The summed E-state index contributed by atoms with van der Waals surface area (Å²) in [6.07, 6.45) is 0.795. The van der Waals surface area contributed by atoms with Crippen molar-refractivity contribution in [3.05, 3.63) is 50.6 Å². The van der Waals surface area contributed by atoms with Gasteiger partial charge in [0.25, 0.3) is 5.56 Å². The summed E-state index contributed by atoms with van der Waals surface area (Å²) in [5.41, 5.74) is 1.78. The summed E-state index contributed by atoms with van der Waals surface area (Å²) in [6, 6.07) is 6.29. The van der Waals surface area contributed by atoms with E-state index >= 15 is 0 Å². The molecule has 0 aliphatic carbocycles. The second-order valence-corrected chi connectivity index (χ2v) is 6.17. The number of fused-ring (bicyclic) bond motifs is 1. The van der Waals surface area contributed by atoms with Crippen LogP contribution in [0.4, 0.5) is 0 Å². The monoisotopic (exact) mass is 314 g/mol. The van der Waals surface area contributed by atoms with Gasteiger partial charge in [0.05, 0.1) is 10.9 Å². The highest BCUT2D eigenvalue weighted by molar-refractivity contribution is 7.18. The quantitative estimate of drug-likeness (QED) is 0.777. The lowest BCUT2D eigenvalue weighted by Gasteiger charge is -2.02. The number of H-pyrrole nitrogens is 1. The zero-order valence-corrected chi connectivity index (χ0v) is 13.0. The van der Waals surface area contributed by atoms with Crippen LogP contribution in [0.3, 0.4) is 0 Å². The molecule has 2 heterocycles. The second-order valence-electron chi connectivity index (χ2n) is 4.97. The van der Waals surface area contributed by atoms with E-state index in [-0.39, 0.29) is 11.1 Å². The smallest absolute Gasteiger partial charge is 0.335 e. The second kappa shape index (κ2) is 5.38. The predicted octanol–water partition coefficient (Wildman–Crippen LogP) is 3.22. The zero-order chi connectivity index (χ0) is 15.9. The first-order valence-electron chi connectivity index (χ1n) is 6.87. The number of aromatic nitrogens is 2. The van der Waals surface area contributed by atoms with Crippen LogP contribution >= 0.6 is 11.3 Å². The zero-order valence-electron chi connectivity index (χ0n) is 12.1. The molecule has 0 saturated heterocycles. The largest absolute Gasteiger partial charge is 0.478 e. The molecular weight excluding hydrogens is 300 g/mol. The lowest BCUT2D eigenvalue weighted by Crippen LogP contribution is -2.09. The number of hydrogen-bond acceptors (Lipinski definition) is 4. The number of carboxylic acid groups (broad SMARTS) is 1. The minimum absolute atomic E-state index is 0.150. The fourth-order valence-corrected chi connectivity index (χ4v) is 3.62. The number of aromatic carboxylic acids is 1. The van der Waals surface area contributed by atoms with Gasteiger partial charge in [-0.1, -0.05) is 19.1 Å². The van der Waals surface area contributed by atoms with Crippen LogP contribution in [0.2, 0.25) is 0 Å². The van der Waals surface area contributed by atoms with Crippen LogP contribution in [0, 0.1) is 6.92 Å². The topological polar surface area (TPSA) is 83.0 Å². The molecule has 0 saturated carbocycles.